The second-order valence-electron chi connectivity index (χ2n) is 3.74. The number of aromatic nitrogens is 1. The fraction of sp³-hybridized carbons (Fsp3) is 0.231. The Morgan fingerprint density at radius 2 is 2.06 bits per heavy atom. The standard InChI is InChI=1S/C13H13NO2S/c1-9-3-5-10(6-4-9)11(13(15)16-2)12-14-7-8-17-12/h3-8,11H,1-2H3. The number of aryl methyl sites for hydroxylation is 1. The molecular weight excluding hydrogens is 234 g/mol. The predicted molar refractivity (Wildman–Crippen MR) is 67.2 cm³/mol. The quantitative estimate of drug-likeness (QED) is 0.783. The van der Waals surface area contributed by atoms with Crippen molar-refractivity contribution < 1.29 is 9.53 Å². The lowest BCUT2D eigenvalue weighted by Gasteiger charge is -2.12. The largest absolute Gasteiger partial charge is 0.468 e. The summed E-state index contributed by atoms with van der Waals surface area (Å²) in [6.45, 7) is 2.01. The number of hydrogen-bond acceptors (Lipinski definition) is 4. The highest BCUT2D eigenvalue weighted by molar-refractivity contribution is 7.09. The minimum Gasteiger partial charge on any atom is -0.468 e. The van der Waals surface area contributed by atoms with Crippen LogP contribution in [-0.4, -0.2) is 18.1 Å². The number of carbonyl (C=O) groups is 1. The molecule has 0 bridgehead atoms. The molecule has 0 saturated carbocycles. The van der Waals surface area contributed by atoms with E-state index in [2.05, 4.69) is 4.98 Å². The molecule has 88 valence electrons. The van der Waals surface area contributed by atoms with Crippen LogP contribution in [0.25, 0.3) is 0 Å². The Balaban J connectivity index is 2.40. The Morgan fingerprint density at radius 3 is 2.59 bits per heavy atom. The minimum atomic E-state index is -0.416. The van der Waals surface area contributed by atoms with Crippen LogP contribution in [0.3, 0.4) is 0 Å². The average molecular weight is 247 g/mol. The van der Waals surface area contributed by atoms with Gasteiger partial charge in [0.15, 0.2) is 0 Å². The predicted octanol–water partition coefficient (Wildman–Crippen LogP) is 2.76. The molecule has 0 saturated heterocycles. The summed E-state index contributed by atoms with van der Waals surface area (Å²) in [6.07, 6.45) is 1.70. The van der Waals surface area contributed by atoms with Crippen LogP contribution in [0.4, 0.5) is 0 Å². The molecule has 0 radical (unpaired) electrons. The SMILES string of the molecule is COC(=O)C(c1ccc(C)cc1)c1nccs1. The first-order valence-corrected chi connectivity index (χ1v) is 6.14. The van der Waals surface area contributed by atoms with Crippen LogP contribution in [-0.2, 0) is 9.53 Å². The van der Waals surface area contributed by atoms with Gasteiger partial charge in [-0.1, -0.05) is 29.8 Å². The summed E-state index contributed by atoms with van der Waals surface area (Å²) in [5.41, 5.74) is 2.08. The number of carbonyl (C=O) groups excluding carboxylic acids is 1. The molecule has 0 aliphatic heterocycles. The highest BCUT2D eigenvalue weighted by atomic mass is 32.1. The third-order valence-electron chi connectivity index (χ3n) is 2.55. The van der Waals surface area contributed by atoms with E-state index in [1.165, 1.54) is 18.4 Å². The lowest BCUT2D eigenvalue weighted by atomic mass is 9.99. The fourth-order valence-corrected chi connectivity index (χ4v) is 2.38. The molecule has 0 aliphatic carbocycles. The zero-order chi connectivity index (χ0) is 12.3. The second-order valence-corrected chi connectivity index (χ2v) is 4.66. The van der Waals surface area contributed by atoms with Gasteiger partial charge in [-0.15, -0.1) is 11.3 Å². The van der Waals surface area contributed by atoms with Gasteiger partial charge in [-0.25, -0.2) is 4.98 Å². The minimum absolute atomic E-state index is 0.274. The van der Waals surface area contributed by atoms with E-state index in [0.29, 0.717) is 0 Å². The van der Waals surface area contributed by atoms with Gasteiger partial charge >= 0.3 is 5.97 Å². The number of ether oxygens (including phenoxy) is 1. The maximum Gasteiger partial charge on any atom is 0.320 e. The molecule has 17 heavy (non-hydrogen) atoms. The Bertz CT molecular complexity index is 491. The molecule has 1 heterocycles. The summed E-state index contributed by atoms with van der Waals surface area (Å²) in [6, 6.07) is 7.86. The highest BCUT2D eigenvalue weighted by Gasteiger charge is 2.25. The number of thiazole rings is 1. The van der Waals surface area contributed by atoms with Gasteiger partial charge in [-0.3, -0.25) is 4.79 Å². The Labute approximate surface area is 104 Å². The Morgan fingerprint density at radius 1 is 1.35 bits per heavy atom. The number of rotatable bonds is 3. The molecule has 0 fully saturated rings. The first-order valence-electron chi connectivity index (χ1n) is 5.26. The van der Waals surface area contributed by atoms with Crippen molar-refractivity contribution in [2.24, 2.45) is 0 Å². The van der Waals surface area contributed by atoms with Crippen LogP contribution in [0, 0.1) is 6.92 Å². The maximum absolute atomic E-state index is 11.8. The third-order valence-corrected chi connectivity index (χ3v) is 3.39. The number of benzene rings is 1. The second kappa shape index (κ2) is 5.10. The van der Waals surface area contributed by atoms with Crippen molar-refractivity contribution in [2.45, 2.75) is 12.8 Å². The van der Waals surface area contributed by atoms with Gasteiger partial charge in [0.2, 0.25) is 0 Å². The van der Waals surface area contributed by atoms with Crippen LogP contribution < -0.4 is 0 Å². The van der Waals surface area contributed by atoms with E-state index in [4.69, 9.17) is 4.74 Å². The van der Waals surface area contributed by atoms with Crippen LogP contribution in [0.5, 0.6) is 0 Å². The van der Waals surface area contributed by atoms with E-state index >= 15 is 0 Å². The van der Waals surface area contributed by atoms with E-state index in [9.17, 15) is 4.79 Å². The first kappa shape index (κ1) is 11.8. The van der Waals surface area contributed by atoms with Gasteiger partial charge in [0.25, 0.3) is 0 Å². The van der Waals surface area contributed by atoms with E-state index < -0.39 is 5.92 Å². The van der Waals surface area contributed by atoms with Gasteiger partial charge in [0.1, 0.15) is 10.9 Å². The van der Waals surface area contributed by atoms with Crippen molar-refractivity contribution in [3.05, 3.63) is 52.0 Å². The van der Waals surface area contributed by atoms with E-state index in [-0.39, 0.29) is 5.97 Å². The molecule has 1 atom stereocenters. The zero-order valence-corrected chi connectivity index (χ0v) is 10.5. The average Bonchev–Trinajstić information content (AvgIpc) is 2.85. The van der Waals surface area contributed by atoms with Crippen molar-refractivity contribution in [1.29, 1.82) is 0 Å². The molecule has 1 aromatic carbocycles. The van der Waals surface area contributed by atoms with E-state index in [1.807, 2.05) is 36.6 Å². The third kappa shape index (κ3) is 2.53. The Hall–Kier alpha value is -1.68. The van der Waals surface area contributed by atoms with Crippen molar-refractivity contribution in [2.75, 3.05) is 7.11 Å². The monoisotopic (exact) mass is 247 g/mol. The molecule has 1 unspecified atom stereocenters. The highest BCUT2D eigenvalue weighted by Crippen LogP contribution is 2.27. The van der Waals surface area contributed by atoms with Gasteiger partial charge in [-0.2, -0.15) is 0 Å². The summed E-state index contributed by atoms with van der Waals surface area (Å²) in [7, 11) is 1.40. The van der Waals surface area contributed by atoms with Gasteiger partial charge < -0.3 is 4.74 Å². The van der Waals surface area contributed by atoms with Crippen LogP contribution in [0.1, 0.15) is 22.1 Å². The van der Waals surface area contributed by atoms with Gasteiger partial charge in [-0.05, 0) is 12.5 Å². The molecule has 2 rings (SSSR count). The fourth-order valence-electron chi connectivity index (χ4n) is 1.63. The lowest BCUT2D eigenvalue weighted by Crippen LogP contribution is -2.15. The van der Waals surface area contributed by atoms with Gasteiger partial charge in [0.05, 0.1) is 7.11 Å². The zero-order valence-electron chi connectivity index (χ0n) is 9.71. The van der Waals surface area contributed by atoms with E-state index in [1.54, 1.807) is 6.20 Å². The molecule has 0 aliphatic rings. The topological polar surface area (TPSA) is 39.2 Å². The van der Waals surface area contributed by atoms with E-state index in [0.717, 1.165) is 16.1 Å². The first-order chi connectivity index (χ1) is 8.22. The van der Waals surface area contributed by atoms with Crippen LogP contribution in [0.2, 0.25) is 0 Å². The molecule has 4 heteroatoms. The van der Waals surface area contributed by atoms with Crippen molar-refractivity contribution in [3.63, 3.8) is 0 Å². The summed E-state index contributed by atoms with van der Waals surface area (Å²) in [5.74, 6) is -0.690. The van der Waals surface area contributed by atoms with Gasteiger partial charge in [0, 0.05) is 11.6 Å². The molecule has 2 aromatic rings. The van der Waals surface area contributed by atoms with Crippen molar-refractivity contribution in [1.82, 2.24) is 4.98 Å². The smallest absolute Gasteiger partial charge is 0.320 e. The number of methoxy groups -OCH3 is 1. The summed E-state index contributed by atoms with van der Waals surface area (Å²) in [4.78, 5) is 16.0. The van der Waals surface area contributed by atoms with Crippen LogP contribution in [0.15, 0.2) is 35.8 Å². The number of esters is 1. The molecular formula is C13H13NO2S. The molecule has 3 nitrogen and oxygen atoms in total. The number of nitrogens with zero attached hydrogens (tertiary/aromatic N) is 1. The summed E-state index contributed by atoms with van der Waals surface area (Å²) >= 11 is 1.46. The summed E-state index contributed by atoms with van der Waals surface area (Å²) in [5, 5.41) is 2.63. The molecule has 0 amide bonds. The maximum atomic E-state index is 11.8. The van der Waals surface area contributed by atoms with Crippen LogP contribution >= 0.6 is 11.3 Å². The lowest BCUT2D eigenvalue weighted by molar-refractivity contribution is -0.141. The van der Waals surface area contributed by atoms with Crippen molar-refractivity contribution >= 4 is 17.3 Å². The Kier molecular flexibility index (Phi) is 3.54. The number of hydrogen-bond donors (Lipinski definition) is 0. The molecule has 0 spiro atoms. The van der Waals surface area contributed by atoms with Crippen molar-refractivity contribution in [3.8, 4) is 0 Å². The molecule has 0 N–H and O–H groups in total. The normalized spacial score (nSPS) is 12.1. The molecule has 1 aromatic heterocycles. The summed E-state index contributed by atoms with van der Waals surface area (Å²) < 4.78 is 4.85.